The molecular weight excluding hydrogens is 292 g/mol. The second-order valence-corrected chi connectivity index (χ2v) is 5.85. The Kier molecular flexibility index (Phi) is 6.94. The molecule has 2 rings (SSSR count). The fraction of sp³-hybridized carbons (Fsp3) is 0.500. The summed E-state index contributed by atoms with van der Waals surface area (Å²) in [6.07, 6.45) is 6.78. The van der Waals surface area contributed by atoms with Crippen molar-refractivity contribution >= 4 is 6.03 Å². The van der Waals surface area contributed by atoms with Gasteiger partial charge in [-0.15, -0.1) is 0 Å². The fourth-order valence-electron chi connectivity index (χ4n) is 2.50. The first kappa shape index (κ1) is 17.3. The molecule has 2 atom stereocenters. The van der Waals surface area contributed by atoms with E-state index in [0.29, 0.717) is 13.2 Å². The summed E-state index contributed by atoms with van der Waals surface area (Å²) >= 11 is 0. The van der Waals surface area contributed by atoms with Crippen LogP contribution in [-0.2, 0) is 6.54 Å². The van der Waals surface area contributed by atoms with Crippen LogP contribution in [0.15, 0.2) is 36.4 Å². The summed E-state index contributed by atoms with van der Waals surface area (Å²) in [4.78, 5) is 11.9. The van der Waals surface area contributed by atoms with Gasteiger partial charge in [0.1, 0.15) is 5.75 Å². The normalized spacial score (nSPS) is 19.6. The number of ether oxygens (including phenoxy) is 1. The third-order valence-corrected chi connectivity index (χ3v) is 3.84. The molecule has 0 saturated carbocycles. The second-order valence-electron chi connectivity index (χ2n) is 5.85. The van der Waals surface area contributed by atoms with Crippen LogP contribution < -0.4 is 15.4 Å². The molecule has 0 aromatic heterocycles. The van der Waals surface area contributed by atoms with Gasteiger partial charge in [0.25, 0.3) is 0 Å². The largest absolute Gasteiger partial charge is 0.494 e. The summed E-state index contributed by atoms with van der Waals surface area (Å²) in [5, 5.41) is 14.8. The molecule has 3 N–H and O–H groups in total. The average Bonchev–Trinajstić information content (AvgIpc) is 3.01. The third kappa shape index (κ3) is 5.94. The van der Waals surface area contributed by atoms with Crippen LogP contribution in [0.3, 0.4) is 0 Å². The first-order valence-corrected chi connectivity index (χ1v) is 8.26. The standard InChI is InChI=1S/C18H26N2O3/c1-2-3-9-23-17-6-4-5-14(11-17)12-19-18(22)20-16-8-7-15(10-16)13-21/h4-8,11,15-16,21H,2-3,9-10,12-13H2,1H3,(H2,19,20,22)/t15-,16+/m0/s1. The van der Waals surface area contributed by atoms with E-state index in [1.807, 2.05) is 36.4 Å². The van der Waals surface area contributed by atoms with Crippen molar-refractivity contribution in [3.05, 3.63) is 42.0 Å². The molecule has 1 aromatic carbocycles. The van der Waals surface area contributed by atoms with E-state index < -0.39 is 0 Å². The van der Waals surface area contributed by atoms with Crippen LogP contribution in [0, 0.1) is 5.92 Å². The molecule has 5 heteroatoms. The molecule has 1 aliphatic carbocycles. The molecule has 0 unspecified atom stereocenters. The Morgan fingerprint density at radius 2 is 2.26 bits per heavy atom. The quantitative estimate of drug-likeness (QED) is 0.510. The summed E-state index contributed by atoms with van der Waals surface area (Å²) in [7, 11) is 0. The number of carbonyl (C=O) groups is 1. The lowest BCUT2D eigenvalue weighted by molar-refractivity contribution is 0.231. The minimum atomic E-state index is -0.199. The van der Waals surface area contributed by atoms with Gasteiger partial charge in [-0.1, -0.05) is 37.6 Å². The Balaban J connectivity index is 1.73. The Morgan fingerprint density at radius 1 is 1.39 bits per heavy atom. The van der Waals surface area contributed by atoms with Crippen molar-refractivity contribution < 1.29 is 14.6 Å². The highest BCUT2D eigenvalue weighted by Gasteiger charge is 2.19. The Bertz CT molecular complexity index is 531. The number of nitrogens with one attached hydrogen (secondary N) is 2. The summed E-state index contributed by atoms with van der Waals surface area (Å²) in [5.74, 6) is 0.986. The van der Waals surface area contributed by atoms with E-state index in [0.717, 1.165) is 30.6 Å². The number of unbranched alkanes of at least 4 members (excludes halogenated alkanes) is 1. The maximum Gasteiger partial charge on any atom is 0.315 e. The van der Waals surface area contributed by atoms with E-state index in [2.05, 4.69) is 17.6 Å². The highest BCUT2D eigenvalue weighted by molar-refractivity contribution is 5.74. The second kappa shape index (κ2) is 9.20. The summed E-state index contributed by atoms with van der Waals surface area (Å²) in [5.41, 5.74) is 1.00. The zero-order valence-electron chi connectivity index (χ0n) is 13.6. The molecule has 0 spiro atoms. The maximum atomic E-state index is 11.9. The lowest BCUT2D eigenvalue weighted by Gasteiger charge is -2.14. The zero-order chi connectivity index (χ0) is 16.5. The van der Waals surface area contributed by atoms with E-state index in [4.69, 9.17) is 9.84 Å². The van der Waals surface area contributed by atoms with Crippen LogP contribution in [0.5, 0.6) is 5.75 Å². The average molecular weight is 318 g/mol. The number of benzene rings is 1. The number of amides is 2. The SMILES string of the molecule is CCCCOc1cccc(CNC(=O)N[C@@H]2C=C[C@H](CO)C2)c1. The van der Waals surface area contributed by atoms with Crippen LogP contribution in [0.25, 0.3) is 0 Å². The van der Waals surface area contributed by atoms with Crippen LogP contribution in [0.2, 0.25) is 0 Å². The minimum absolute atomic E-state index is 0.00383. The predicted molar refractivity (Wildman–Crippen MR) is 90.3 cm³/mol. The number of hydrogen-bond acceptors (Lipinski definition) is 3. The maximum absolute atomic E-state index is 11.9. The Morgan fingerprint density at radius 3 is 3.00 bits per heavy atom. The van der Waals surface area contributed by atoms with Crippen LogP contribution in [0.4, 0.5) is 4.79 Å². The van der Waals surface area contributed by atoms with Gasteiger partial charge in [-0.2, -0.15) is 0 Å². The third-order valence-electron chi connectivity index (χ3n) is 3.84. The lowest BCUT2D eigenvalue weighted by atomic mass is 10.1. The number of urea groups is 1. The summed E-state index contributed by atoms with van der Waals surface area (Å²) in [6.45, 7) is 3.43. The number of aliphatic hydroxyl groups is 1. The molecule has 2 amide bonds. The van der Waals surface area contributed by atoms with Gasteiger partial charge >= 0.3 is 6.03 Å². The fourth-order valence-corrected chi connectivity index (χ4v) is 2.50. The van der Waals surface area contributed by atoms with Crippen molar-refractivity contribution in [2.75, 3.05) is 13.2 Å². The van der Waals surface area contributed by atoms with Gasteiger partial charge in [-0.05, 0) is 30.5 Å². The van der Waals surface area contributed by atoms with Crippen LogP contribution in [0.1, 0.15) is 31.7 Å². The molecule has 0 aliphatic heterocycles. The van der Waals surface area contributed by atoms with Gasteiger partial charge in [-0.25, -0.2) is 4.79 Å². The van der Waals surface area contributed by atoms with Crippen molar-refractivity contribution in [3.8, 4) is 5.75 Å². The van der Waals surface area contributed by atoms with Crippen molar-refractivity contribution in [1.82, 2.24) is 10.6 Å². The van der Waals surface area contributed by atoms with Crippen molar-refractivity contribution in [2.45, 2.75) is 38.8 Å². The molecule has 1 aliphatic rings. The molecular formula is C18H26N2O3. The summed E-state index contributed by atoms with van der Waals surface area (Å²) in [6, 6.07) is 7.57. The Hall–Kier alpha value is -2.01. The number of rotatable bonds is 8. The van der Waals surface area contributed by atoms with Crippen molar-refractivity contribution in [3.63, 3.8) is 0 Å². The first-order chi connectivity index (χ1) is 11.2. The molecule has 5 nitrogen and oxygen atoms in total. The molecule has 0 bridgehead atoms. The van der Waals surface area contributed by atoms with E-state index in [1.165, 1.54) is 0 Å². The van der Waals surface area contributed by atoms with Gasteiger partial charge < -0.3 is 20.5 Å². The monoisotopic (exact) mass is 318 g/mol. The summed E-state index contributed by atoms with van der Waals surface area (Å²) < 4.78 is 5.66. The van der Waals surface area contributed by atoms with E-state index >= 15 is 0 Å². The molecule has 0 radical (unpaired) electrons. The highest BCUT2D eigenvalue weighted by atomic mass is 16.5. The Labute approximate surface area is 137 Å². The van der Waals surface area contributed by atoms with E-state index in [9.17, 15) is 4.79 Å². The molecule has 0 fully saturated rings. The first-order valence-electron chi connectivity index (χ1n) is 8.26. The van der Waals surface area contributed by atoms with Gasteiger partial charge in [-0.3, -0.25) is 0 Å². The zero-order valence-corrected chi connectivity index (χ0v) is 13.6. The molecule has 0 saturated heterocycles. The minimum Gasteiger partial charge on any atom is -0.494 e. The van der Waals surface area contributed by atoms with Crippen molar-refractivity contribution in [1.29, 1.82) is 0 Å². The molecule has 1 aromatic rings. The van der Waals surface area contributed by atoms with Gasteiger partial charge in [0.05, 0.1) is 6.61 Å². The smallest absolute Gasteiger partial charge is 0.315 e. The van der Waals surface area contributed by atoms with Gasteiger partial charge in [0.15, 0.2) is 0 Å². The van der Waals surface area contributed by atoms with E-state index in [-0.39, 0.29) is 24.6 Å². The molecule has 23 heavy (non-hydrogen) atoms. The van der Waals surface area contributed by atoms with Crippen LogP contribution >= 0.6 is 0 Å². The molecule has 0 heterocycles. The van der Waals surface area contributed by atoms with E-state index in [1.54, 1.807) is 0 Å². The number of aliphatic hydroxyl groups excluding tert-OH is 1. The number of hydrogen-bond donors (Lipinski definition) is 3. The van der Waals surface area contributed by atoms with Gasteiger partial charge in [0, 0.05) is 25.1 Å². The van der Waals surface area contributed by atoms with Crippen molar-refractivity contribution in [2.24, 2.45) is 5.92 Å². The van der Waals surface area contributed by atoms with Crippen LogP contribution in [-0.4, -0.2) is 30.4 Å². The number of carbonyl (C=O) groups excluding carboxylic acids is 1. The van der Waals surface area contributed by atoms with Gasteiger partial charge in [0.2, 0.25) is 0 Å². The topological polar surface area (TPSA) is 70.6 Å². The highest BCUT2D eigenvalue weighted by Crippen LogP contribution is 2.17. The molecule has 126 valence electrons. The predicted octanol–water partition coefficient (Wildman–Crippen LogP) is 2.60. The lowest BCUT2D eigenvalue weighted by Crippen LogP contribution is -2.40.